The maximum absolute atomic E-state index is 5.85. The number of benzene rings is 2. The number of rotatable bonds is 8. The minimum Gasteiger partial charge on any atom is -0.490 e. The molecule has 0 heterocycles. The van der Waals surface area contributed by atoms with E-state index in [4.69, 9.17) is 19.9 Å². The van der Waals surface area contributed by atoms with E-state index in [1.54, 1.807) is 0 Å². The van der Waals surface area contributed by atoms with Gasteiger partial charge in [0.1, 0.15) is 19.0 Å². The lowest BCUT2D eigenvalue weighted by atomic mass is 10.1. The van der Waals surface area contributed by atoms with E-state index in [0.29, 0.717) is 32.1 Å². The molecule has 0 saturated carbocycles. The van der Waals surface area contributed by atoms with Crippen LogP contribution in [-0.4, -0.2) is 19.8 Å². The van der Waals surface area contributed by atoms with Crippen molar-refractivity contribution in [2.24, 2.45) is 5.73 Å². The van der Waals surface area contributed by atoms with Gasteiger partial charge < -0.3 is 19.9 Å². The first kappa shape index (κ1) is 17.2. The third-order valence-corrected chi connectivity index (χ3v) is 3.54. The summed E-state index contributed by atoms with van der Waals surface area (Å²) in [5.74, 6) is 2.37. The molecule has 0 aliphatic rings. The van der Waals surface area contributed by atoms with Crippen LogP contribution in [0.1, 0.15) is 23.6 Å². The molecule has 23 heavy (non-hydrogen) atoms. The van der Waals surface area contributed by atoms with Crippen LogP contribution >= 0.6 is 0 Å². The van der Waals surface area contributed by atoms with E-state index in [2.05, 4.69) is 0 Å². The molecule has 2 aromatic rings. The summed E-state index contributed by atoms with van der Waals surface area (Å²) in [4.78, 5) is 0. The van der Waals surface area contributed by atoms with Crippen molar-refractivity contribution in [2.75, 3.05) is 19.8 Å². The van der Waals surface area contributed by atoms with E-state index in [1.165, 1.54) is 0 Å². The van der Waals surface area contributed by atoms with Crippen molar-refractivity contribution in [2.45, 2.75) is 27.3 Å². The second kappa shape index (κ2) is 8.44. The number of nitrogens with two attached hydrogens (primary N) is 1. The van der Waals surface area contributed by atoms with Gasteiger partial charge in [-0.05, 0) is 49.6 Å². The molecule has 0 aliphatic carbocycles. The van der Waals surface area contributed by atoms with E-state index in [-0.39, 0.29) is 0 Å². The van der Waals surface area contributed by atoms with Crippen LogP contribution in [0, 0.1) is 13.8 Å². The molecular weight excluding hydrogens is 290 g/mol. The van der Waals surface area contributed by atoms with Gasteiger partial charge in [-0.2, -0.15) is 0 Å². The van der Waals surface area contributed by atoms with Gasteiger partial charge in [-0.3, -0.25) is 0 Å². The van der Waals surface area contributed by atoms with Gasteiger partial charge >= 0.3 is 0 Å². The first-order valence-corrected chi connectivity index (χ1v) is 7.93. The van der Waals surface area contributed by atoms with E-state index in [1.807, 2.05) is 57.2 Å². The average molecular weight is 315 g/mol. The van der Waals surface area contributed by atoms with Gasteiger partial charge in [-0.25, -0.2) is 0 Å². The third kappa shape index (κ3) is 4.63. The van der Waals surface area contributed by atoms with Gasteiger partial charge in [0.25, 0.3) is 0 Å². The fraction of sp³-hybridized carbons (Fsp3) is 0.368. The van der Waals surface area contributed by atoms with Crippen LogP contribution in [0.3, 0.4) is 0 Å². The number of para-hydroxylation sites is 1. The molecule has 124 valence electrons. The van der Waals surface area contributed by atoms with Crippen molar-refractivity contribution in [1.29, 1.82) is 0 Å². The highest BCUT2D eigenvalue weighted by atomic mass is 16.5. The molecule has 0 saturated heterocycles. The minimum atomic E-state index is 0.454. The van der Waals surface area contributed by atoms with E-state index in [9.17, 15) is 0 Å². The largest absolute Gasteiger partial charge is 0.490 e. The molecule has 0 spiro atoms. The SMILES string of the molecule is CCOc1cc(CN)ccc1OCCOc1c(C)cccc1C. The normalized spacial score (nSPS) is 10.4. The summed E-state index contributed by atoms with van der Waals surface area (Å²) >= 11 is 0. The van der Waals surface area contributed by atoms with Crippen LogP contribution in [0.25, 0.3) is 0 Å². The Morgan fingerprint density at radius 3 is 2.22 bits per heavy atom. The van der Waals surface area contributed by atoms with Gasteiger partial charge in [0, 0.05) is 6.54 Å². The number of hydrogen-bond donors (Lipinski definition) is 1. The summed E-state index contributed by atoms with van der Waals surface area (Å²) in [7, 11) is 0. The highest BCUT2D eigenvalue weighted by Crippen LogP contribution is 2.28. The summed E-state index contributed by atoms with van der Waals surface area (Å²) in [6.45, 7) is 8.04. The number of aryl methyl sites for hydroxylation is 2. The highest BCUT2D eigenvalue weighted by Gasteiger charge is 2.07. The zero-order chi connectivity index (χ0) is 16.7. The maximum atomic E-state index is 5.85. The predicted octanol–water partition coefficient (Wildman–Crippen LogP) is 3.62. The van der Waals surface area contributed by atoms with Gasteiger partial charge in [-0.1, -0.05) is 24.3 Å². The van der Waals surface area contributed by atoms with Gasteiger partial charge in [0.15, 0.2) is 11.5 Å². The van der Waals surface area contributed by atoms with Gasteiger partial charge in [0.2, 0.25) is 0 Å². The second-order valence-electron chi connectivity index (χ2n) is 5.34. The van der Waals surface area contributed by atoms with Crippen LogP contribution in [0.5, 0.6) is 17.2 Å². The Morgan fingerprint density at radius 2 is 1.57 bits per heavy atom. The molecule has 4 heteroatoms. The third-order valence-electron chi connectivity index (χ3n) is 3.54. The Hall–Kier alpha value is -2.20. The topological polar surface area (TPSA) is 53.7 Å². The molecule has 0 bridgehead atoms. The first-order valence-electron chi connectivity index (χ1n) is 7.93. The smallest absolute Gasteiger partial charge is 0.161 e. The molecule has 0 amide bonds. The van der Waals surface area contributed by atoms with Crippen LogP contribution in [0.2, 0.25) is 0 Å². The van der Waals surface area contributed by atoms with Crippen LogP contribution in [0.15, 0.2) is 36.4 Å². The summed E-state index contributed by atoms with van der Waals surface area (Å²) in [6.07, 6.45) is 0. The lowest BCUT2D eigenvalue weighted by Gasteiger charge is -2.15. The molecule has 0 unspecified atom stereocenters. The second-order valence-corrected chi connectivity index (χ2v) is 5.34. The van der Waals surface area contributed by atoms with Crippen molar-refractivity contribution in [1.82, 2.24) is 0 Å². The fourth-order valence-electron chi connectivity index (χ4n) is 2.39. The number of hydrogen-bond acceptors (Lipinski definition) is 4. The fourth-order valence-corrected chi connectivity index (χ4v) is 2.39. The monoisotopic (exact) mass is 315 g/mol. The van der Waals surface area contributed by atoms with Gasteiger partial charge in [-0.15, -0.1) is 0 Å². The van der Waals surface area contributed by atoms with Crippen LogP contribution in [0.4, 0.5) is 0 Å². The van der Waals surface area contributed by atoms with E-state index in [0.717, 1.165) is 28.2 Å². The summed E-state index contributed by atoms with van der Waals surface area (Å²) in [6, 6.07) is 11.9. The quantitative estimate of drug-likeness (QED) is 0.756. The Balaban J connectivity index is 1.93. The lowest BCUT2D eigenvalue weighted by molar-refractivity contribution is 0.207. The molecule has 2 rings (SSSR count). The molecular formula is C19H25NO3. The molecule has 0 aromatic heterocycles. The molecule has 0 aliphatic heterocycles. The number of ether oxygens (including phenoxy) is 3. The lowest BCUT2D eigenvalue weighted by Crippen LogP contribution is -2.11. The van der Waals surface area contributed by atoms with Gasteiger partial charge in [0.05, 0.1) is 6.61 Å². The van der Waals surface area contributed by atoms with Crippen molar-refractivity contribution in [3.05, 3.63) is 53.1 Å². The zero-order valence-electron chi connectivity index (χ0n) is 14.1. The minimum absolute atomic E-state index is 0.454. The zero-order valence-corrected chi connectivity index (χ0v) is 14.1. The van der Waals surface area contributed by atoms with E-state index < -0.39 is 0 Å². The van der Waals surface area contributed by atoms with Crippen LogP contribution < -0.4 is 19.9 Å². The average Bonchev–Trinajstić information content (AvgIpc) is 2.55. The Kier molecular flexibility index (Phi) is 6.29. The summed E-state index contributed by atoms with van der Waals surface area (Å²) in [5.41, 5.74) is 8.95. The molecule has 0 fully saturated rings. The van der Waals surface area contributed by atoms with Crippen molar-refractivity contribution < 1.29 is 14.2 Å². The Bertz CT molecular complexity index is 620. The Labute approximate surface area is 138 Å². The first-order chi connectivity index (χ1) is 11.2. The summed E-state index contributed by atoms with van der Waals surface area (Å²) in [5, 5.41) is 0. The van der Waals surface area contributed by atoms with Crippen molar-refractivity contribution in [3.8, 4) is 17.2 Å². The molecule has 2 N–H and O–H groups in total. The van der Waals surface area contributed by atoms with E-state index >= 15 is 0 Å². The van der Waals surface area contributed by atoms with Crippen molar-refractivity contribution in [3.63, 3.8) is 0 Å². The molecule has 0 radical (unpaired) electrons. The molecule has 4 nitrogen and oxygen atoms in total. The predicted molar refractivity (Wildman–Crippen MR) is 92.4 cm³/mol. The standard InChI is InChI=1S/C19H25NO3/c1-4-21-18-12-16(13-20)8-9-17(18)22-10-11-23-19-14(2)6-5-7-15(19)3/h5-9,12H,4,10-11,13,20H2,1-3H3. The molecule has 0 atom stereocenters. The Morgan fingerprint density at radius 1 is 0.870 bits per heavy atom. The van der Waals surface area contributed by atoms with Crippen molar-refractivity contribution >= 4 is 0 Å². The van der Waals surface area contributed by atoms with Crippen LogP contribution in [-0.2, 0) is 6.54 Å². The maximum Gasteiger partial charge on any atom is 0.161 e. The summed E-state index contributed by atoms with van der Waals surface area (Å²) < 4.78 is 17.3. The highest BCUT2D eigenvalue weighted by molar-refractivity contribution is 5.43. The molecule has 2 aromatic carbocycles.